The van der Waals surface area contributed by atoms with Gasteiger partial charge < -0.3 is 5.11 Å². The second kappa shape index (κ2) is 4.63. The van der Waals surface area contributed by atoms with E-state index in [0.717, 1.165) is 10.0 Å². The van der Waals surface area contributed by atoms with E-state index in [0.29, 0.717) is 11.5 Å². The van der Waals surface area contributed by atoms with Crippen molar-refractivity contribution in [3.05, 3.63) is 46.2 Å². The molecule has 0 aliphatic heterocycles. The molecule has 0 aliphatic rings. The summed E-state index contributed by atoms with van der Waals surface area (Å²) in [5.74, 6) is -0.640. The number of aromatic nitrogens is 2. The van der Waals surface area contributed by atoms with Crippen LogP contribution in [-0.2, 0) is 0 Å². The van der Waals surface area contributed by atoms with Crippen molar-refractivity contribution in [2.75, 3.05) is 0 Å². The zero-order chi connectivity index (χ0) is 12.4. The van der Waals surface area contributed by atoms with Gasteiger partial charge in [-0.2, -0.15) is 0 Å². The van der Waals surface area contributed by atoms with Crippen molar-refractivity contribution in [1.82, 2.24) is 9.97 Å². The smallest absolute Gasteiger partial charge is 0.354 e. The largest absolute Gasteiger partial charge is 0.477 e. The first-order valence-electron chi connectivity index (χ1n) is 4.92. The molecule has 1 heterocycles. The molecule has 0 amide bonds. The van der Waals surface area contributed by atoms with E-state index in [2.05, 4.69) is 25.9 Å². The first-order valence-corrected chi connectivity index (χ1v) is 5.71. The lowest BCUT2D eigenvalue weighted by Crippen LogP contribution is -2.04. The van der Waals surface area contributed by atoms with Gasteiger partial charge in [0.2, 0.25) is 0 Å². The van der Waals surface area contributed by atoms with Crippen molar-refractivity contribution in [1.29, 1.82) is 0 Å². The molecular weight excluding hydrogens is 284 g/mol. The Bertz CT molecular complexity index is 584. The van der Waals surface area contributed by atoms with Crippen LogP contribution in [0.5, 0.6) is 0 Å². The first kappa shape index (κ1) is 11.7. The second-order valence-corrected chi connectivity index (χ2v) is 4.36. The van der Waals surface area contributed by atoms with Gasteiger partial charge in [-0.1, -0.05) is 34.1 Å². The zero-order valence-electron chi connectivity index (χ0n) is 9.01. The van der Waals surface area contributed by atoms with Gasteiger partial charge in [-0.3, -0.25) is 0 Å². The normalized spacial score (nSPS) is 10.2. The molecule has 5 heteroatoms. The second-order valence-electron chi connectivity index (χ2n) is 3.50. The van der Waals surface area contributed by atoms with Crippen LogP contribution in [0.25, 0.3) is 11.4 Å². The Hall–Kier alpha value is -1.75. The summed E-state index contributed by atoms with van der Waals surface area (Å²) in [6, 6.07) is 8.88. The summed E-state index contributed by atoms with van der Waals surface area (Å²) in [5.41, 5.74) is 1.41. The van der Waals surface area contributed by atoms with Crippen molar-refractivity contribution < 1.29 is 9.90 Å². The van der Waals surface area contributed by atoms with E-state index in [1.807, 2.05) is 24.3 Å². The molecule has 2 aromatic rings. The molecule has 0 bridgehead atoms. The quantitative estimate of drug-likeness (QED) is 0.924. The summed E-state index contributed by atoms with van der Waals surface area (Å²) >= 11 is 3.39. The third-order valence-electron chi connectivity index (χ3n) is 2.19. The summed E-state index contributed by atoms with van der Waals surface area (Å²) in [4.78, 5) is 19.2. The van der Waals surface area contributed by atoms with Gasteiger partial charge >= 0.3 is 5.97 Å². The lowest BCUT2D eigenvalue weighted by Gasteiger charge is -2.05. The molecule has 4 nitrogen and oxygen atoms in total. The number of aromatic carboxylic acids is 1. The standard InChI is InChI=1S/C12H9BrN2O2/c1-7-6-10(12(16)17)15-11(14-7)8-4-2-3-5-9(8)13/h2-6H,1H3,(H,16,17). The van der Waals surface area contributed by atoms with Crippen LogP contribution in [0.4, 0.5) is 0 Å². The number of nitrogens with zero attached hydrogens (tertiary/aromatic N) is 2. The Kier molecular flexibility index (Phi) is 3.19. The van der Waals surface area contributed by atoms with Gasteiger partial charge in [-0.05, 0) is 19.1 Å². The van der Waals surface area contributed by atoms with E-state index in [4.69, 9.17) is 5.11 Å². The number of rotatable bonds is 2. The number of halogens is 1. The molecule has 1 N–H and O–H groups in total. The number of carboxylic acids is 1. The van der Waals surface area contributed by atoms with Gasteiger partial charge in [0.25, 0.3) is 0 Å². The fourth-order valence-corrected chi connectivity index (χ4v) is 1.90. The molecule has 0 radical (unpaired) electrons. The van der Waals surface area contributed by atoms with Crippen LogP contribution in [0, 0.1) is 6.92 Å². The Morgan fingerprint density at radius 1 is 1.29 bits per heavy atom. The van der Waals surface area contributed by atoms with E-state index in [-0.39, 0.29) is 5.69 Å². The molecule has 0 atom stereocenters. The van der Waals surface area contributed by atoms with Crippen LogP contribution in [0.1, 0.15) is 16.2 Å². The van der Waals surface area contributed by atoms with Gasteiger partial charge in [0.15, 0.2) is 11.5 Å². The van der Waals surface area contributed by atoms with Crippen molar-refractivity contribution >= 4 is 21.9 Å². The molecule has 0 fully saturated rings. The lowest BCUT2D eigenvalue weighted by molar-refractivity contribution is 0.0690. The molecule has 0 saturated heterocycles. The molecule has 1 aromatic heterocycles. The SMILES string of the molecule is Cc1cc(C(=O)O)nc(-c2ccccc2Br)n1. The van der Waals surface area contributed by atoms with Crippen LogP contribution in [-0.4, -0.2) is 21.0 Å². The maximum atomic E-state index is 10.9. The number of hydrogen-bond donors (Lipinski definition) is 1. The molecule has 17 heavy (non-hydrogen) atoms. The van der Waals surface area contributed by atoms with E-state index in [1.54, 1.807) is 6.92 Å². The predicted molar refractivity (Wildman–Crippen MR) is 66.9 cm³/mol. The number of benzene rings is 1. The average Bonchev–Trinajstić information content (AvgIpc) is 2.28. The van der Waals surface area contributed by atoms with Crippen LogP contribution < -0.4 is 0 Å². The van der Waals surface area contributed by atoms with E-state index in [1.165, 1.54) is 6.07 Å². The Morgan fingerprint density at radius 2 is 2.00 bits per heavy atom. The van der Waals surface area contributed by atoms with Gasteiger partial charge in [-0.15, -0.1) is 0 Å². The molecule has 0 saturated carbocycles. The number of carboxylic acid groups (broad SMARTS) is 1. The van der Waals surface area contributed by atoms with Gasteiger partial charge in [-0.25, -0.2) is 14.8 Å². The molecule has 0 spiro atoms. The van der Waals surface area contributed by atoms with Gasteiger partial charge in [0.05, 0.1) is 0 Å². The van der Waals surface area contributed by atoms with Gasteiger partial charge in [0.1, 0.15) is 0 Å². The van der Waals surface area contributed by atoms with E-state index >= 15 is 0 Å². The maximum Gasteiger partial charge on any atom is 0.354 e. The minimum atomic E-state index is -1.05. The fourth-order valence-electron chi connectivity index (χ4n) is 1.44. The molecule has 86 valence electrons. The topological polar surface area (TPSA) is 63.1 Å². The summed E-state index contributed by atoms with van der Waals surface area (Å²) in [5, 5.41) is 8.95. The maximum absolute atomic E-state index is 10.9. The number of carbonyl (C=O) groups is 1. The Morgan fingerprint density at radius 3 is 2.65 bits per heavy atom. The highest BCUT2D eigenvalue weighted by Gasteiger charge is 2.11. The van der Waals surface area contributed by atoms with Crippen LogP contribution in [0.3, 0.4) is 0 Å². The zero-order valence-corrected chi connectivity index (χ0v) is 10.6. The van der Waals surface area contributed by atoms with Crippen LogP contribution >= 0.6 is 15.9 Å². The molecule has 1 aromatic carbocycles. The van der Waals surface area contributed by atoms with Crippen molar-refractivity contribution in [2.45, 2.75) is 6.92 Å². The minimum absolute atomic E-state index is 0.00301. The fraction of sp³-hybridized carbons (Fsp3) is 0.0833. The molecule has 0 aliphatic carbocycles. The lowest BCUT2D eigenvalue weighted by atomic mass is 10.2. The van der Waals surface area contributed by atoms with E-state index in [9.17, 15) is 4.79 Å². The Labute approximate surface area is 106 Å². The van der Waals surface area contributed by atoms with Crippen LogP contribution in [0.15, 0.2) is 34.8 Å². The highest BCUT2D eigenvalue weighted by atomic mass is 79.9. The number of hydrogen-bond acceptors (Lipinski definition) is 3. The van der Waals surface area contributed by atoms with Crippen molar-refractivity contribution in [2.24, 2.45) is 0 Å². The summed E-state index contributed by atoms with van der Waals surface area (Å²) in [7, 11) is 0. The average molecular weight is 293 g/mol. The van der Waals surface area contributed by atoms with Crippen molar-refractivity contribution in [3.8, 4) is 11.4 Å². The summed E-state index contributed by atoms with van der Waals surface area (Å²) < 4.78 is 0.835. The van der Waals surface area contributed by atoms with Crippen LogP contribution in [0.2, 0.25) is 0 Å². The predicted octanol–water partition coefficient (Wildman–Crippen LogP) is 2.91. The highest BCUT2D eigenvalue weighted by Crippen LogP contribution is 2.25. The first-order chi connectivity index (χ1) is 8.08. The number of aryl methyl sites for hydroxylation is 1. The third-order valence-corrected chi connectivity index (χ3v) is 2.88. The summed E-state index contributed by atoms with van der Waals surface area (Å²) in [6.07, 6.45) is 0. The van der Waals surface area contributed by atoms with E-state index < -0.39 is 5.97 Å². The van der Waals surface area contributed by atoms with Gasteiger partial charge in [0, 0.05) is 15.7 Å². The molecule has 0 unspecified atom stereocenters. The molecular formula is C12H9BrN2O2. The monoisotopic (exact) mass is 292 g/mol. The third kappa shape index (κ3) is 2.50. The summed E-state index contributed by atoms with van der Waals surface area (Å²) in [6.45, 7) is 1.74. The van der Waals surface area contributed by atoms with Crippen molar-refractivity contribution in [3.63, 3.8) is 0 Å². The minimum Gasteiger partial charge on any atom is -0.477 e. The Balaban J connectivity index is 2.60. The highest BCUT2D eigenvalue weighted by molar-refractivity contribution is 9.10. The molecule has 2 rings (SSSR count).